The zero-order valence-corrected chi connectivity index (χ0v) is 9.97. The molecule has 0 saturated carbocycles. The van der Waals surface area contributed by atoms with Crippen molar-refractivity contribution >= 4 is 10.8 Å². The second-order valence-electron chi connectivity index (χ2n) is 5.52. The largest absolute Gasteiger partial charge is 0.302 e. The SMILES string of the molecule is c1ccc2cc(C3CN4CCC3C4)ccc2c1. The smallest absolute Gasteiger partial charge is 0.00536 e. The highest BCUT2D eigenvalue weighted by atomic mass is 15.2. The fraction of sp³-hybridized carbons (Fsp3) is 0.375. The standard InChI is InChI=1S/C16H17N/c1-2-4-13-9-14(6-5-12(13)3-1)16-11-17-8-7-15(16)10-17/h1-6,9,15-16H,7-8,10-11H2. The van der Waals surface area contributed by atoms with Crippen molar-refractivity contribution in [3.8, 4) is 0 Å². The summed E-state index contributed by atoms with van der Waals surface area (Å²) in [7, 11) is 0. The van der Waals surface area contributed by atoms with E-state index in [9.17, 15) is 0 Å². The molecule has 0 aliphatic carbocycles. The van der Waals surface area contributed by atoms with Crippen molar-refractivity contribution in [1.29, 1.82) is 0 Å². The number of rotatable bonds is 1. The van der Waals surface area contributed by atoms with Crippen LogP contribution in [0, 0.1) is 5.92 Å². The highest BCUT2D eigenvalue weighted by Crippen LogP contribution is 2.40. The van der Waals surface area contributed by atoms with Gasteiger partial charge in [0.05, 0.1) is 0 Å². The van der Waals surface area contributed by atoms with Crippen molar-refractivity contribution in [3.63, 3.8) is 0 Å². The van der Waals surface area contributed by atoms with Gasteiger partial charge in [0.1, 0.15) is 0 Å². The van der Waals surface area contributed by atoms with Gasteiger partial charge in [0.2, 0.25) is 0 Å². The van der Waals surface area contributed by atoms with Crippen LogP contribution in [0.15, 0.2) is 42.5 Å². The Kier molecular flexibility index (Phi) is 2.03. The van der Waals surface area contributed by atoms with Crippen molar-refractivity contribution in [2.75, 3.05) is 19.6 Å². The summed E-state index contributed by atoms with van der Waals surface area (Å²) in [6.45, 7) is 3.94. The Morgan fingerprint density at radius 3 is 2.59 bits per heavy atom. The topological polar surface area (TPSA) is 3.24 Å². The molecule has 0 spiro atoms. The Balaban J connectivity index is 1.76. The Bertz CT molecular complexity index is 560. The lowest BCUT2D eigenvalue weighted by atomic mass is 9.85. The first kappa shape index (κ1) is 9.67. The minimum Gasteiger partial charge on any atom is -0.302 e. The summed E-state index contributed by atoms with van der Waals surface area (Å²) in [6.07, 6.45) is 1.40. The van der Waals surface area contributed by atoms with Gasteiger partial charge in [0.15, 0.2) is 0 Å². The number of hydrogen-bond donors (Lipinski definition) is 0. The molecule has 86 valence electrons. The minimum absolute atomic E-state index is 0.786. The molecule has 2 aromatic rings. The summed E-state index contributed by atoms with van der Waals surface area (Å²) in [6, 6.07) is 15.7. The van der Waals surface area contributed by atoms with Gasteiger partial charge in [0, 0.05) is 19.0 Å². The molecular weight excluding hydrogens is 206 g/mol. The van der Waals surface area contributed by atoms with E-state index in [0.29, 0.717) is 0 Å². The third-order valence-electron chi connectivity index (χ3n) is 4.53. The van der Waals surface area contributed by atoms with Crippen LogP contribution in [-0.4, -0.2) is 24.5 Å². The van der Waals surface area contributed by atoms with Gasteiger partial charge in [0.25, 0.3) is 0 Å². The Hall–Kier alpha value is -1.34. The van der Waals surface area contributed by atoms with Crippen LogP contribution in [0.4, 0.5) is 0 Å². The average molecular weight is 223 g/mol. The zero-order valence-electron chi connectivity index (χ0n) is 9.97. The number of hydrogen-bond acceptors (Lipinski definition) is 1. The van der Waals surface area contributed by atoms with Gasteiger partial charge in [-0.1, -0.05) is 42.5 Å². The first-order valence-electron chi connectivity index (χ1n) is 6.61. The van der Waals surface area contributed by atoms with Crippen molar-refractivity contribution in [2.24, 2.45) is 5.92 Å². The lowest BCUT2D eigenvalue weighted by Crippen LogP contribution is -2.22. The Morgan fingerprint density at radius 1 is 0.941 bits per heavy atom. The second kappa shape index (κ2) is 3.58. The van der Waals surface area contributed by atoms with Gasteiger partial charge >= 0.3 is 0 Å². The molecule has 1 nitrogen and oxygen atoms in total. The molecule has 4 rings (SSSR count). The van der Waals surface area contributed by atoms with E-state index in [-0.39, 0.29) is 0 Å². The first-order chi connectivity index (χ1) is 8.40. The van der Waals surface area contributed by atoms with E-state index in [1.807, 2.05) is 0 Å². The second-order valence-corrected chi connectivity index (χ2v) is 5.52. The van der Waals surface area contributed by atoms with Gasteiger partial charge in [-0.3, -0.25) is 0 Å². The molecule has 1 heteroatoms. The highest BCUT2D eigenvalue weighted by molar-refractivity contribution is 5.83. The average Bonchev–Trinajstić information content (AvgIpc) is 3.00. The van der Waals surface area contributed by atoms with Gasteiger partial charge < -0.3 is 4.90 Å². The molecule has 2 aliphatic heterocycles. The minimum atomic E-state index is 0.786. The molecular formula is C16H17N. The zero-order chi connectivity index (χ0) is 11.2. The molecule has 17 heavy (non-hydrogen) atoms. The van der Waals surface area contributed by atoms with Crippen LogP contribution in [-0.2, 0) is 0 Å². The maximum atomic E-state index is 2.62. The van der Waals surface area contributed by atoms with Gasteiger partial charge in [-0.05, 0) is 35.2 Å². The van der Waals surface area contributed by atoms with Crippen molar-refractivity contribution < 1.29 is 0 Å². The first-order valence-corrected chi connectivity index (χ1v) is 6.61. The fourth-order valence-corrected chi connectivity index (χ4v) is 3.60. The number of fused-ring (bicyclic) bond motifs is 3. The van der Waals surface area contributed by atoms with Crippen LogP contribution >= 0.6 is 0 Å². The van der Waals surface area contributed by atoms with Crippen LogP contribution in [0.5, 0.6) is 0 Å². The summed E-state index contributed by atoms with van der Waals surface area (Å²) < 4.78 is 0. The third-order valence-corrected chi connectivity index (χ3v) is 4.53. The molecule has 2 fully saturated rings. The molecule has 2 aliphatic rings. The Labute approximate surface area is 102 Å². The maximum Gasteiger partial charge on any atom is 0.00536 e. The summed E-state index contributed by atoms with van der Waals surface area (Å²) in [5, 5.41) is 2.75. The molecule has 0 aromatic heterocycles. The summed E-state index contributed by atoms with van der Waals surface area (Å²) in [4.78, 5) is 2.62. The summed E-state index contributed by atoms with van der Waals surface area (Å²) in [5.41, 5.74) is 1.55. The molecule has 3 atom stereocenters. The van der Waals surface area contributed by atoms with Crippen molar-refractivity contribution in [3.05, 3.63) is 48.0 Å². The van der Waals surface area contributed by atoms with E-state index in [1.54, 1.807) is 5.56 Å². The van der Waals surface area contributed by atoms with Crippen molar-refractivity contribution in [1.82, 2.24) is 4.90 Å². The van der Waals surface area contributed by atoms with Crippen LogP contribution in [0.2, 0.25) is 0 Å². The van der Waals surface area contributed by atoms with Gasteiger partial charge in [-0.25, -0.2) is 0 Å². The van der Waals surface area contributed by atoms with E-state index >= 15 is 0 Å². The lowest BCUT2D eigenvalue weighted by Gasteiger charge is -2.22. The quantitative estimate of drug-likeness (QED) is 0.717. The molecule has 2 heterocycles. The predicted molar refractivity (Wildman–Crippen MR) is 71.2 cm³/mol. The van der Waals surface area contributed by atoms with Crippen LogP contribution < -0.4 is 0 Å². The predicted octanol–water partition coefficient (Wildman–Crippen LogP) is 3.26. The molecule has 0 radical (unpaired) electrons. The van der Waals surface area contributed by atoms with Crippen LogP contribution in [0.1, 0.15) is 17.9 Å². The highest BCUT2D eigenvalue weighted by Gasteiger charge is 2.38. The molecule has 0 N–H and O–H groups in total. The monoisotopic (exact) mass is 223 g/mol. The van der Waals surface area contributed by atoms with E-state index in [1.165, 1.54) is 36.8 Å². The van der Waals surface area contributed by atoms with E-state index in [0.717, 1.165) is 11.8 Å². The normalized spacial score (nSPS) is 31.2. The van der Waals surface area contributed by atoms with Gasteiger partial charge in [-0.2, -0.15) is 0 Å². The van der Waals surface area contributed by atoms with E-state index in [2.05, 4.69) is 47.4 Å². The molecule has 2 bridgehead atoms. The summed E-state index contributed by atoms with van der Waals surface area (Å²) in [5.74, 6) is 1.70. The number of nitrogens with zero attached hydrogens (tertiary/aromatic N) is 1. The van der Waals surface area contributed by atoms with Crippen LogP contribution in [0.3, 0.4) is 0 Å². The van der Waals surface area contributed by atoms with Gasteiger partial charge in [-0.15, -0.1) is 0 Å². The fourth-order valence-electron chi connectivity index (χ4n) is 3.60. The molecule has 2 aromatic carbocycles. The maximum absolute atomic E-state index is 2.62. The molecule has 2 saturated heterocycles. The molecule has 0 amide bonds. The van der Waals surface area contributed by atoms with E-state index < -0.39 is 0 Å². The summed E-state index contributed by atoms with van der Waals surface area (Å²) >= 11 is 0. The van der Waals surface area contributed by atoms with E-state index in [4.69, 9.17) is 0 Å². The van der Waals surface area contributed by atoms with Crippen LogP contribution in [0.25, 0.3) is 10.8 Å². The number of benzene rings is 2. The van der Waals surface area contributed by atoms with Crippen molar-refractivity contribution in [2.45, 2.75) is 12.3 Å². The number of piperidine rings is 1. The Morgan fingerprint density at radius 2 is 1.82 bits per heavy atom. The third kappa shape index (κ3) is 1.49. The molecule has 3 unspecified atom stereocenters. The lowest BCUT2D eigenvalue weighted by molar-refractivity contribution is 0.346.